The van der Waals surface area contributed by atoms with Crippen molar-refractivity contribution in [2.75, 3.05) is 6.54 Å². The van der Waals surface area contributed by atoms with Gasteiger partial charge in [-0.2, -0.15) is 0 Å². The number of halogens is 1. The molecule has 0 spiro atoms. The van der Waals surface area contributed by atoms with E-state index in [1.54, 1.807) is 10.7 Å². The summed E-state index contributed by atoms with van der Waals surface area (Å²) >= 11 is 6.12. The molecule has 0 fully saturated rings. The van der Waals surface area contributed by atoms with Crippen molar-refractivity contribution in [3.63, 3.8) is 0 Å². The van der Waals surface area contributed by atoms with Crippen molar-refractivity contribution in [1.82, 2.24) is 20.1 Å². The SMILES string of the molecule is CCCNC(=O)c1nc(-c2cccc(Cl)c2)n(-c2cccc(C)c2)n1. The fourth-order valence-corrected chi connectivity index (χ4v) is 2.67. The minimum atomic E-state index is -0.281. The van der Waals surface area contributed by atoms with Gasteiger partial charge in [0, 0.05) is 17.1 Å². The highest BCUT2D eigenvalue weighted by molar-refractivity contribution is 6.30. The lowest BCUT2D eigenvalue weighted by molar-refractivity contribution is 0.0943. The Kier molecular flexibility index (Phi) is 5.14. The molecule has 0 aliphatic rings. The topological polar surface area (TPSA) is 59.8 Å². The van der Waals surface area contributed by atoms with Crippen molar-refractivity contribution >= 4 is 17.5 Å². The van der Waals surface area contributed by atoms with Crippen LogP contribution in [0.25, 0.3) is 17.1 Å². The van der Waals surface area contributed by atoms with E-state index in [1.165, 1.54) is 0 Å². The first-order valence-corrected chi connectivity index (χ1v) is 8.54. The highest BCUT2D eigenvalue weighted by atomic mass is 35.5. The van der Waals surface area contributed by atoms with E-state index in [0.29, 0.717) is 17.4 Å². The molecule has 1 amide bonds. The molecule has 1 aromatic heterocycles. The molecule has 0 saturated carbocycles. The first-order valence-electron chi connectivity index (χ1n) is 8.16. The van der Waals surface area contributed by atoms with Crippen molar-refractivity contribution in [2.45, 2.75) is 20.3 Å². The Balaban J connectivity index is 2.11. The third-order valence-corrected chi connectivity index (χ3v) is 3.91. The molecule has 0 aliphatic carbocycles. The van der Waals surface area contributed by atoms with Gasteiger partial charge in [-0.05, 0) is 43.2 Å². The number of benzene rings is 2. The van der Waals surface area contributed by atoms with Gasteiger partial charge < -0.3 is 5.32 Å². The van der Waals surface area contributed by atoms with Gasteiger partial charge in [0.05, 0.1) is 5.69 Å². The molecule has 0 radical (unpaired) electrons. The molecule has 0 bridgehead atoms. The number of amides is 1. The number of hydrogen-bond acceptors (Lipinski definition) is 3. The van der Waals surface area contributed by atoms with Crippen LogP contribution in [0.5, 0.6) is 0 Å². The molecular weight excluding hydrogens is 336 g/mol. The molecule has 1 N–H and O–H groups in total. The van der Waals surface area contributed by atoms with E-state index in [9.17, 15) is 4.79 Å². The normalized spacial score (nSPS) is 10.7. The standard InChI is InChI=1S/C19H19ClN4O/c1-3-10-21-19(25)17-22-18(14-7-5-8-15(20)12-14)24(23-17)16-9-4-6-13(2)11-16/h4-9,11-12H,3,10H2,1-2H3,(H,21,25). The van der Waals surface area contributed by atoms with Crippen LogP contribution in [-0.2, 0) is 0 Å². The number of aryl methyl sites for hydroxylation is 1. The molecule has 0 saturated heterocycles. The van der Waals surface area contributed by atoms with Gasteiger partial charge in [-0.3, -0.25) is 4.79 Å². The largest absolute Gasteiger partial charge is 0.349 e. The Labute approximate surface area is 151 Å². The van der Waals surface area contributed by atoms with E-state index in [4.69, 9.17) is 11.6 Å². The summed E-state index contributed by atoms with van der Waals surface area (Å²) in [7, 11) is 0. The van der Waals surface area contributed by atoms with E-state index in [2.05, 4.69) is 15.4 Å². The predicted molar refractivity (Wildman–Crippen MR) is 99.2 cm³/mol. The summed E-state index contributed by atoms with van der Waals surface area (Å²) in [5, 5.41) is 7.85. The maximum Gasteiger partial charge on any atom is 0.290 e. The Bertz CT molecular complexity index is 841. The second kappa shape index (κ2) is 7.49. The van der Waals surface area contributed by atoms with Crippen molar-refractivity contribution in [1.29, 1.82) is 0 Å². The van der Waals surface area contributed by atoms with Crippen LogP contribution in [0.1, 0.15) is 29.5 Å². The average Bonchev–Trinajstić information content (AvgIpc) is 3.05. The molecule has 0 atom stereocenters. The summed E-state index contributed by atoms with van der Waals surface area (Å²) in [6.07, 6.45) is 0.853. The minimum Gasteiger partial charge on any atom is -0.349 e. The van der Waals surface area contributed by atoms with Crippen molar-refractivity contribution in [2.24, 2.45) is 0 Å². The smallest absolute Gasteiger partial charge is 0.290 e. The molecule has 6 heteroatoms. The van der Waals surface area contributed by atoms with Gasteiger partial charge in [0.15, 0.2) is 5.82 Å². The zero-order valence-electron chi connectivity index (χ0n) is 14.2. The summed E-state index contributed by atoms with van der Waals surface area (Å²) in [5.74, 6) is 0.441. The Morgan fingerprint density at radius 3 is 2.72 bits per heavy atom. The number of carbonyl (C=O) groups is 1. The molecule has 2 aromatic carbocycles. The summed E-state index contributed by atoms with van der Waals surface area (Å²) in [5.41, 5.74) is 2.75. The van der Waals surface area contributed by atoms with Gasteiger partial charge in [-0.25, -0.2) is 9.67 Å². The van der Waals surface area contributed by atoms with Crippen molar-refractivity contribution in [3.8, 4) is 17.1 Å². The van der Waals surface area contributed by atoms with Gasteiger partial charge in [0.25, 0.3) is 5.91 Å². The lowest BCUT2D eigenvalue weighted by Gasteiger charge is -2.07. The van der Waals surface area contributed by atoms with E-state index in [1.807, 2.05) is 56.3 Å². The fraction of sp³-hybridized carbons (Fsp3) is 0.211. The minimum absolute atomic E-state index is 0.143. The summed E-state index contributed by atoms with van der Waals surface area (Å²) in [4.78, 5) is 16.8. The monoisotopic (exact) mass is 354 g/mol. The first-order chi connectivity index (χ1) is 12.1. The molecule has 128 valence electrons. The molecule has 1 heterocycles. The zero-order chi connectivity index (χ0) is 17.8. The highest BCUT2D eigenvalue weighted by Gasteiger charge is 2.18. The number of nitrogens with zero attached hydrogens (tertiary/aromatic N) is 3. The first kappa shape index (κ1) is 17.2. The maximum absolute atomic E-state index is 12.3. The molecule has 5 nitrogen and oxygen atoms in total. The van der Waals surface area contributed by atoms with Crippen LogP contribution < -0.4 is 5.32 Å². The van der Waals surface area contributed by atoms with Gasteiger partial charge in [-0.15, -0.1) is 5.10 Å². The number of aromatic nitrogens is 3. The predicted octanol–water partition coefficient (Wildman–Crippen LogP) is 4.04. The van der Waals surface area contributed by atoms with Crippen molar-refractivity contribution < 1.29 is 4.79 Å². The van der Waals surface area contributed by atoms with Crippen LogP contribution in [-0.4, -0.2) is 27.2 Å². The maximum atomic E-state index is 12.3. The molecule has 0 unspecified atom stereocenters. The van der Waals surface area contributed by atoms with Crippen LogP contribution in [0.3, 0.4) is 0 Å². The summed E-state index contributed by atoms with van der Waals surface area (Å²) in [6.45, 7) is 4.59. The van der Waals surface area contributed by atoms with Gasteiger partial charge in [-0.1, -0.05) is 42.8 Å². The number of nitrogens with one attached hydrogen (secondary N) is 1. The summed E-state index contributed by atoms with van der Waals surface area (Å²) < 4.78 is 1.68. The third-order valence-electron chi connectivity index (χ3n) is 3.67. The zero-order valence-corrected chi connectivity index (χ0v) is 14.9. The van der Waals surface area contributed by atoms with Crippen molar-refractivity contribution in [3.05, 3.63) is 64.9 Å². The number of rotatable bonds is 5. The third kappa shape index (κ3) is 3.88. The number of carbonyl (C=O) groups excluding carboxylic acids is 1. The molecule has 25 heavy (non-hydrogen) atoms. The lowest BCUT2D eigenvalue weighted by atomic mass is 10.2. The Morgan fingerprint density at radius 2 is 2.00 bits per heavy atom. The highest BCUT2D eigenvalue weighted by Crippen LogP contribution is 2.24. The van der Waals surface area contributed by atoms with E-state index in [0.717, 1.165) is 23.2 Å². The fourth-order valence-electron chi connectivity index (χ4n) is 2.48. The second-order valence-electron chi connectivity index (χ2n) is 5.78. The average molecular weight is 355 g/mol. The van der Waals surface area contributed by atoms with Gasteiger partial charge in [0.1, 0.15) is 0 Å². The van der Waals surface area contributed by atoms with Crippen LogP contribution in [0.2, 0.25) is 5.02 Å². The summed E-state index contributed by atoms with van der Waals surface area (Å²) in [6, 6.07) is 15.2. The van der Waals surface area contributed by atoms with E-state index in [-0.39, 0.29) is 11.7 Å². The Hall–Kier alpha value is -2.66. The molecular formula is C19H19ClN4O. The number of hydrogen-bond donors (Lipinski definition) is 1. The van der Waals surface area contributed by atoms with Crippen LogP contribution in [0.4, 0.5) is 0 Å². The molecule has 3 aromatic rings. The lowest BCUT2D eigenvalue weighted by Crippen LogP contribution is -2.25. The second-order valence-corrected chi connectivity index (χ2v) is 6.21. The van der Waals surface area contributed by atoms with Crippen LogP contribution >= 0.6 is 11.6 Å². The van der Waals surface area contributed by atoms with Gasteiger partial charge in [0.2, 0.25) is 5.82 Å². The molecule has 3 rings (SSSR count). The van der Waals surface area contributed by atoms with Crippen LogP contribution in [0, 0.1) is 6.92 Å². The van der Waals surface area contributed by atoms with E-state index >= 15 is 0 Å². The van der Waals surface area contributed by atoms with Crippen LogP contribution in [0.15, 0.2) is 48.5 Å². The van der Waals surface area contributed by atoms with E-state index < -0.39 is 0 Å². The molecule has 0 aliphatic heterocycles. The van der Waals surface area contributed by atoms with Gasteiger partial charge >= 0.3 is 0 Å². The Morgan fingerprint density at radius 1 is 1.20 bits per heavy atom. The quantitative estimate of drug-likeness (QED) is 0.752.